The van der Waals surface area contributed by atoms with Crippen LogP contribution in [-0.2, 0) is 0 Å². The lowest BCUT2D eigenvalue weighted by Crippen LogP contribution is -2.11. The van der Waals surface area contributed by atoms with Gasteiger partial charge in [-0.25, -0.2) is 0 Å². The standard InChI is InChI=1S/2C13H19N/c2*1-8-5-6-9(2)13(10(8)3)11-7-12(11)14-4/h2*5-6,11-12,14H,7H2,1-4H3/t11-,12+;/m0./s1. The Labute approximate surface area is 172 Å². The van der Waals surface area contributed by atoms with Crippen molar-refractivity contribution in [2.45, 2.75) is 78.3 Å². The van der Waals surface area contributed by atoms with Crippen molar-refractivity contribution >= 4 is 0 Å². The van der Waals surface area contributed by atoms with Crippen molar-refractivity contribution in [1.82, 2.24) is 10.6 Å². The minimum absolute atomic E-state index is 0.717. The fraction of sp³-hybridized carbons (Fsp3) is 0.538. The summed E-state index contributed by atoms with van der Waals surface area (Å²) >= 11 is 0. The second-order valence-electron chi connectivity index (χ2n) is 8.95. The van der Waals surface area contributed by atoms with Crippen molar-refractivity contribution in [2.24, 2.45) is 0 Å². The zero-order valence-corrected chi connectivity index (χ0v) is 19.0. The van der Waals surface area contributed by atoms with E-state index in [4.69, 9.17) is 0 Å². The highest BCUT2D eigenvalue weighted by Crippen LogP contribution is 2.44. The van der Waals surface area contributed by atoms with Crippen LogP contribution in [0.5, 0.6) is 0 Å². The SMILES string of the molecule is CNC1CC1c1c(C)ccc(C)c1C.CN[C@@H]1C[C@@H]1c1c(C)ccc(C)c1C. The molecular formula is C26H38N2. The summed E-state index contributed by atoms with van der Waals surface area (Å²) in [5.41, 5.74) is 11.9. The van der Waals surface area contributed by atoms with Crippen LogP contribution in [0.1, 0.15) is 69.2 Å². The van der Waals surface area contributed by atoms with Gasteiger partial charge in [0.05, 0.1) is 0 Å². The predicted octanol–water partition coefficient (Wildman–Crippen LogP) is 5.37. The van der Waals surface area contributed by atoms with Crippen LogP contribution in [0.3, 0.4) is 0 Å². The molecule has 2 aliphatic carbocycles. The molecule has 2 unspecified atom stereocenters. The fourth-order valence-electron chi connectivity index (χ4n) is 4.75. The number of hydrogen-bond acceptors (Lipinski definition) is 2. The molecule has 2 aliphatic rings. The van der Waals surface area contributed by atoms with Crippen LogP contribution >= 0.6 is 0 Å². The normalized spacial score (nSPS) is 25.1. The van der Waals surface area contributed by atoms with Gasteiger partial charge in [-0.2, -0.15) is 0 Å². The maximum atomic E-state index is 3.36. The van der Waals surface area contributed by atoms with E-state index >= 15 is 0 Å². The molecule has 28 heavy (non-hydrogen) atoms. The first kappa shape index (κ1) is 21.1. The van der Waals surface area contributed by atoms with Gasteiger partial charge in [-0.05, 0) is 113 Å². The van der Waals surface area contributed by atoms with Crippen molar-refractivity contribution < 1.29 is 0 Å². The van der Waals surface area contributed by atoms with Crippen LogP contribution in [0.4, 0.5) is 0 Å². The summed E-state index contributed by atoms with van der Waals surface area (Å²) in [7, 11) is 4.12. The summed E-state index contributed by atoms with van der Waals surface area (Å²) in [5, 5.41) is 6.72. The average Bonchev–Trinajstić information content (AvgIpc) is 3.58. The van der Waals surface area contributed by atoms with Gasteiger partial charge in [0.2, 0.25) is 0 Å². The van der Waals surface area contributed by atoms with Crippen LogP contribution in [0, 0.1) is 41.5 Å². The molecule has 2 heteroatoms. The lowest BCUT2D eigenvalue weighted by molar-refractivity contribution is 0.779. The third kappa shape index (κ3) is 4.18. The third-order valence-electron chi connectivity index (χ3n) is 7.07. The smallest absolute Gasteiger partial charge is 0.0140 e. The Morgan fingerprint density at radius 1 is 0.571 bits per heavy atom. The van der Waals surface area contributed by atoms with Crippen molar-refractivity contribution in [3.63, 3.8) is 0 Å². The van der Waals surface area contributed by atoms with E-state index in [0.29, 0.717) is 12.1 Å². The highest BCUT2D eigenvalue weighted by Gasteiger charge is 2.39. The third-order valence-corrected chi connectivity index (χ3v) is 7.07. The van der Waals surface area contributed by atoms with E-state index < -0.39 is 0 Å². The Balaban J connectivity index is 0.000000161. The summed E-state index contributed by atoms with van der Waals surface area (Å²) in [5.74, 6) is 1.53. The summed E-state index contributed by atoms with van der Waals surface area (Å²) in [6, 6.07) is 10.4. The first-order valence-electron chi connectivity index (χ1n) is 10.8. The lowest BCUT2D eigenvalue weighted by atomic mass is 9.95. The van der Waals surface area contributed by atoms with E-state index in [0.717, 1.165) is 11.8 Å². The zero-order chi connectivity index (χ0) is 20.6. The Hall–Kier alpha value is -1.64. The maximum absolute atomic E-state index is 3.36. The number of nitrogens with one attached hydrogen (secondary N) is 2. The Morgan fingerprint density at radius 3 is 1.18 bits per heavy atom. The first-order chi connectivity index (χ1) is 13.3. The molecule has 0 heterocycles. The molecule has 0 aromatic heterocycles. The van der Waals surface area contributed by atoms with Crippen LogP contribution in [0.15, 0.2) is 24.3 Å². The maximum Gasteiger partial charge on any atom is 0.0140 e. The largest absolute Gasteiger partial charge is 0.316 e. The zero-order valence-electron chi connectivity index (χ0n) is 19.0. The minimum Gasteiger partial charge on any atom is -0.316 e. The first-order valence-corrected chi connectivity index (χ1v) is 10.8. The van der Waals surface area contributed by atoms with Crippen molar-refractivity contribution in [2.75, 3.05) is 14.1 Å². The van der Waals surface area contributed by atoms with Gasteiger partial charge in [0.1, 0.15) is 0 Å². The van der Waals surface area contributed by atoms with Gasteiger partial charge < -0.3 is 10.6 Å². The molecule has 2 aromatic rings. The van der Waals surface area contributed by atoms with E-state index in [9.17, 15) is 0 Å². The van der Waals surface area contributed by atoms with Gasteiger partial charge in [0, 0.05) is 23.9 Å². The van der Waals surface area contributed by atoms with Crippen molar-refractivity contribution in [3.05, 3.63) is 68.8 Å². The second kappa shape index (κ2) is 8.39. The predicted molar refractivity (Wildman–Crippen MR) is 122 cm³/mol. The monoisotopic (exact) mass is 378 g/mol. The molecule has 2 aromatic carbocycles. The molecule has 152 valence electrons. The molecule has 2 nitrogen and oxygen atoms in total. The number of likely N-dealkylation sites (N-methyl/N-ethyl adjacent to an activating group) is 2. The number of hydrogen-bond donors (Lipinski definition) is 2. The molecule has 2 saturated carbocycles. The summed E-state index contributed by atoms with van der Waals surface area (Å²) < 4.78 is 0. The highest BCUT2D eigenvalue weighted by molar-refractivity contribution is 5.45. The van der Waals surface area contributed by atoms with Crippen LogP contribution in [-0.4, -0.2) is 26.2 Å². The lowest BCUT2D eigenvalue weighted by Gasteiger charge is -2.12. The molecule has 0 saturated heterocycles. The van der Waals surface area contributed by atoms with E-state index in [-0.39, 0.29) is 0 Å². The highest BCUT2D eigenvalue weighted by atomic mass is 14.9. The van der Waals surface area contributed by atoms with Crippen molar-refractivity contribution in [1.29, 1.82) is 0 Å². The topological polar surface area (TPSA) is 24.1 Å². The minimum atomic E-state index is 0.717. The molecule has 0 amide bonds. The van der Waals surface area contributed by atoms with Gasteiger partial charge in [-0.3, -0.25) is 0 Å². The quantitative estimate of drug-likeness (QED) is 0.747. The molecule has 2 N–H and O–H groups in total. The molecule has 0 radical (unpaired) electrons. The van der Waals surface area contributed by atoms with Gasteiger partial charge in [0.15, 0.2) is 0 Å². The van der Waals surface area contributed by atoms with Crippen LogP contribution in [0.25, 0.3) is 0 Å². The molecule has 2 fully saturated rings. The van der Waals surface area contributed by atoms with Gasteiger partial charge >= 0.3 is 0 Å². The Kier molecular flexibility index (Phi) is 6.31. The van der Waals surface area contributed by atoms with Crippen molar-refractivity contribution in [3.8, 4) is 0 Å². The molecule has 0 bridgehead atoms. The van der Waals surface area contributed by atoms with Crippen LogP contribution < -0.4 is 10.6 Å². The van der Waals surface area contributed by atoms with Gasteiger partial charge in [-0.1, -0.05) is 24.3 Å². The molecule has 0 spiro atoms. The van der Waals surface area contributed by atoms with E-state index in [1.54, 1.807) is 11.1 Å². The number of rotatable bonds is 4. The molecule has 0 aliphatic heterocycles. The van der Waals surface area contributed by atoms with Crippen LogP contribution in [0.2, 0.25) is 0 Å². The van der Waals surface area contributed by atoms with E-state index in [2.05, 4.69) is 90.5 Å². The fourth-order valence-corrected chi connectivity index (χ4v) is 4.75. The summed E-state index contributed by atoms with van der Waals surface area (Å²) in [4.78, 5) is 0. The second-order valence-corrected chi connectivity index (χ2v) is 8.95. The summed E-state index contributed by atoms with van der Waals surface area (Å²) in [6.07, 6.45) is 2.61. The number of aryl methyl sites for hydroxylation is 4. The number of benzene rings is 2. The average molecular weight is 379 g/mol. The van der Waals surface area contributed by atoms with E-state index in [1.807, 2.05) is 0 Å². The molecule has 4 atom stereocenters. The summed E-state index contributed by atoms with van der Waals surface area (Å²) in [6.45, 7) is 13.4. The Morgan fingerprint density at radius 2 is 0.893 bits per heavy atom. The van der Waals surface area contributed by atoms with E-state index in [1.165, 1.54) is 46.2 Å². The van der Waals surface area contributed by atoms with Gasteiger partial charge in [0.25, 0.3) is 0 Å². The Bertz CT molecular complexity index is 780. The molecular weight excluding hydrogens is 340 g/mol. The molecule has 4 rings (SSSR count). The van der Waals surface area contributed by atoms with Gasteiger partial charge in [-0.15, -0.1) is 0 Å².